The molecule has 0 aliphatic heterocycles. The Morgan fingerprint density at radius 3 is 2.33 bits per heavy atom. The van der Waals surface area contributed by atoms with Crippen LogP contribution in [0.4, 0.5) is 8.78 Å². The largest absolute Gasteiger partial charge is 0.389 e. The number of aliphatic hydroxyl groups excluding tert-OH is 1. The van der Waals surface area contributed by atoms with Crippen LogP contribution in [0.2, 0.25) is 0 Å². The van der Waals surface area contributed by atoms with Gasteiger partial charge in [0.25, 0.3) is 0 Å². The van der Waals surface area contributed by atoms with Gasteiger partial charge in [0.05, 0.1) is 6.10 Å². The van der Waals surface area contributed by atoms with Crippen LogP contribution in [-0.2, 0) is 0 Å². The Labute approximate surface area is 69.7 Å². The minimum Gasteiger partial charge on any atom is -0.389 e. The van der Waals surface area contributed by atoms with Crippen LogP contribution in [0.15, 0.2) is 12.1 Å². The van der Waals surface area contributed by atoms with E-state index in [0.29, 0.717) is 0 Å². The first-order valence-electron chi connectivity index (χ1n) is 3.66. The molecule has 0 amide bonds. The molecule has 0 unspecified atom stereocenters. The van der Waals surface area contributed by atoms with Crippen LogP contribution in [0.25, 0.3) is 0 Å². The molecule has 0 aliphatic rings. The summed E-state index contributed by atoms with van der Waals surface area (Å²) in [5.74, 6) is -1.06. The Kier molecular flexibility index (Phi) is 2.43. The molecule has 0 radical (unpaired) electrons. The lowest BCUT2D eigenvalue weighted by Gasteiger charge is -2.07. The van der Waals surface area contributed by atoms with Crippen LogP contribution in [0.1, 0.15) is 24.2 Å². The molecule has 12 heavy (non-hydrogen) atoms. The highest BCUT2D eigenvalue weighted by molar-refractivity contribution is 5.26. The van der Waals surface area contributed by atoms with Gasteiger partial charge < -0.3 is 5.11 Å². The van der Waals surface area contributed by atoms with Crippen LogP contribution < -0.4 is 0 Å². The molecule has 1 nitrogen and oxygen atoms in total. The average Bonchev–Trinajstić information content (AvgIpc) is 1.96. The van der Waals surface area contributed by atoms with Gasteiger partial charge in [0.1, 0.15) is 11.6 Å². The van der Waals surface area contributed by atoms with E-state index in [9.17, 15) is 8.78 Å². The van der Waals surface area contributed by atoms with E-state index in [2.05, 4.69) is 0 Å². The van der Waals surface area contributed by atoms with Crippen LogP contribution in [0.3, 0.4) is 0 Å². The van der Waals surface area contributed by atoms with Gasteiger partial charge >= 0.3 is 0 Å². The van der Waals surface area contributed by atoms with Crippen molar-refractivity contribution in [3.63, 3.8) is 0 Å². The molecule has 3 heteroatoms. The second-order valence-electron chi connectivity index (χ2n) is 2.80. The third-order valence-electron chi connectivity index (χ3n) is 1.73. The summed E-state index contributed by atoms with van der Waals surface area (Å²) in [5.41, 5.74) is 0.245. The van der Waals surface area contributed by atoms with Crippen LogP contribution in [0.5, 0.6) is 0 Å². The molecule has 66 valence electrons. The molecule has 1 N–H and O–H groups in total. The molecule has 0 fully saturated rings. The molecule has 0 saturated carbocycles. The Morgan fingerprint density at radius 2 is 1.83 bits per heavy atom. The van der Waals surface area contributed by atoms with Crippen molar-refractivity contribution in [2.45, 2.75) is 20.0 Å². The second-order valence-corrected chi connectivity index (χ2v) is 2.80. The maximum atomic E-state index is 13.0. The highest BCUT2D eigenvalue weighted by Crippen LogP contribution is 2.19. The molecule has 1 aromatic rings. The van der Waals surface area contributed by atoms with Gasteiger partial charge in [-0.15, -0.1) is 0 Å². The Bertz CT molecular complexity index is 295. The van der Waals surface area contributed by atoms with E-state index in [1.54, 1.807) is 0 Å². The van der Waals surface area contributed by atoms with Crippen molar-refractivity contribution in [1.29, 1.82) is 0 Å². The molecule has 0 bridgehead atoms. The standard InChI is InChI=1S/C9H10F2O/c1-5-3-9(11)7(6(2)12)4-8(5)10/h3-4,6,12H,1-2H3/t6-/m1/s1. The molecule has 1 rings (SSSR count). The molecule has 1 atom stereocenters. The van der Waals surface area contributed by atoms with Crippen molar-refractivity contribution in [2.75, 3.05) is 0 Å². The highest BCUT2D eigenvalue weighted by atomic mass is 19.1. The van der Waals surface area contributed by atoms with Crippen molar-refractivity contribution >= 4 is 0 Å². The molecular formula is C9H10F2O. The topological polar surface area (TPSA) is 20.2 Å². The minimum atomic E-state index is -0.972. The van der Waals surface area contributed by atoms with E-state index in [4.69, 9.17) is 5.11 Å². The number of halogens is 2. The third-order valence-corrected chi connectivity index (χ3v) is 1.73. The minimum absolute atomic E-state index is 0.00176. The molecule has 0 aliphatic carbocycles. The average molecular weight is 172 g/mol. The fourth-order valence-electron chi connectivity index (χ4n) is 0.982. The Balaban J connectivity index is 3.23. The maximum absolute atomic E-state index is 13.0. The monoisotopic (exact) mass is 172 g/mol. The number of hydrogen-bond acceptors (Lipinski definition) is 1. The molecule has 0 saturated heterocycles. The number of rotatable bonds is 1. The predicted molar refractivity (Wildman–Crippen MR) is 41.7 cm³/mol. The molecular weight excluding hydrogens is 162 g/mol. The van der Waals surface area contributed by atoms with Crippen LogP contribution in [0, 0.1) is 18.6 Å². The predicted octanol–water partition coefficient (Wildman–Crippen LogP) is 2.33. The van der Waals surface area contributed by atoms with Crippen LogP contribution >= 0.6 is 0 Å². The van der Waals surface area contributed by atoms with Gasteiger partial charge in [0.2, 0.25) is 0 Å². The van der Waals surface area contributed by atoms with Gasteiger partial charge in [-0.05, 0) is 31.5 Å². The number of aryl methyl sites for hydroxylation is 1. The van der Waals surface area contributed by atoms with Gasteiger partial charge in [-0.1, -0.05) is 0 Å². The zero-order valence-electron chi connectivity index (χ0n) is 6.94. The van der Waals surface area contributed by atoms with E-state index in [-0.39, 0.29) is 11.1 Å². The normalized spacial score (nSPS) is 13.1. The molecule has 1 aromatic carbocycles. The molecule has 0 heterocycles. The fraction of sp³-hybridized carbons (Fsp3) is 0.333. The maximum Gasteiger partial charge on any atom is 0.129 e. The number of aliphatic hydroxyl groups is 1. The molecule has 0 aromatic heterocycles. The Morgan fingerprint density at radius 1 is 1.25 bits per heavy atom. The zero-order valence-corrected chi connectivity index (χ0v) is 6.94. The summed E-state index contributed by atoms with van der Waals surface area (Å²) >= 11 is 0. The van der Waals surface area contributed by atoms with Gasteiger partial charge in [0, 0.05) is 5.56 Å². The summed E-state index contributed by atoms with van der Waals surface area (Å²) in [6.45, 7) is 2.87. The fourth-order valence-corrected chi connectivity index (χ4v) is 0.982. The van der Waals surface area contributed by atoms with Crippen molar-refractivity contribution < 1.29 is 13.9 Å². The quantitative estimate of drug-likeness (QED) is 0.689. The van der Waals surface area contributed by atoms with Gasteiger partial charge in [-0.2, -0.15) is 0 Å². The first-order chi connectivity index (χ1) is 5.52. The van der Waals surface area contributed by atoms with Gasteiger partial charge in [-0.3, -0.25) is 0 Å². The van der Waals surface area contributed by atoms with Crippen molar-refractivity contribution in [3.8, 4) is 0 Å². The summed E-state index contributed by atoms with van der Waals surface area (Å²) in [7, 11) is 0. The van der Waals surface area contributed by atoms with Crippen LogP contribution in [-0.4, -0.2) is 5.11 Å². The SMILES string of the molecule is Cc1cc(F)c([C@@H](C)O)cc1F. The lowest BCUT2D eigenvalue weighted by Crippen LogP contribution is -1.98. The summed E-state index contributed by atoms with van der Waals surface area (Å²) in [6, 6.07) is 2.10. The van der Waals surface area contributed by atoms with Gasteiger partial charge in [-0.25, -0.2) is 8.78 Å². The second kappa shape index (κ2) is 3.19. The first kappa shape index (κ1) is 9.13. The number of hydrogen-bond donors (Lipinski definition) is 1. The highest BCUT2D eigenvalue weighted by Gasteiger charge is 2.10. The Hall–Kier alpha value is -0.960. The van der Waals surface area contributed by atoms with E-state index in [1.165, 1.54) is 13.8 Å². The van der Waals surface area contributed by atoms with Crippen molar-refractivity contribution in [1.82, 2.24) is 0 Å². The lowest BCUT2D eigenvalue weighted by atomic mass is 10.1. The smallest absolute Gasteiger partial charge is 0.129 e. The number of benzene rings is 1. The molecule has 0 spiro atoms. The summed E-state index contributed by atoms with van der Waals surface area (Å²) in [4.78, 5) is 0. The summed E-state index contributed by atoms with van der Waals surface area (Å²) in [5, 5.41) is 9.01. The van der Waals surface area contributed by atoms with Crippen molar-refractivity contribution in [3.05, 3.63) is 34.9 Å². The first-order valence-corrected chi connectivity index (χ1v) is 3.66. The summed E-state index contributed by atoms with van der Waals surface area (Å²) in [6.07, 6.45) is -0.972. The van der Waals surface area contributed by atoms with E-state index in [0.717, 1.165) is 12.1 Å². The van der Waals surface area contributed by atoms with Gasteiger partial charge in [0.15, 0.2) is 0 Å². The summed E-state index contributed by atoms with van der Waals surface area (Å²) < 4.78 is 25.8. The third kappa shape index (κ3) is 1.61. The van der Waals surface area contributed by atoms with Crippen molar-refractivity contribution in [2.24, 2.45) is 0 Å². The van der Waals surface area contributed by atoms with E-state index >= 15 is 0 Å². The van der Waals surface area contributed by atoms with E-state index < -0.39 is 17.7 Å². The zero-order chi connectivity index (χ0) is 9.30. The van der Waals surface area contributed by atoms with E-state index in [1.807, 2.05) is 0 Å². The lowest BCUT2D eigenvalue weighted by molar-refractivity contribution is 0.193.